The standard InChI is InChI=1S/Co.9O.3Ti.Zr/q+2;;;;6*-1;;;;+4. The minimum Gasteiger partial charge on any atom is 4.00 e. The maximum atomic E-state index is 8.58. The van der Waals surface area contributed by atoms with Crippen LogP contribution < -0.4 is 22.1 Å². The molecule has 0 aromatic heterocycles. The molecule has 0 aliphatic carbocycles. The van der Waals surface area contributed by atoms with Gasteiger partial charge in [0.2, 0.25) is 0 Å². The molecule has 1 radical (unpaired) electrons. The Kier molecular flexibility index (Phi) is 53.2. The van der Waals surface area contributed by atoms with Gasteiger partial charge in [-0.25, -0.2) is 0 Å². The molecule has 0 aliphatic heterocycles. The van der Waals surface area contributed by atoms with Crippen LogP contribution in [-0.2, 0) is 109 Å². The van der Waals surface area contributed by atoms with E-state index in [9.17, 15) is 0 Å². The molecule has 0 aromatic rings. The van der Waals surface area contributed by atoms with Gasteiger partial charge in [-0.2, -0.15) is 0 Å². The molecule has 14 heteroatoms. The van der Waals surface area contributed by atoms with Gasteiger partial charge in [0.15, 0.2) is 0 Å². The second kappa shape index (κ2) is 24.8. The van der Waals surface area contributed by atoms with Crippen molar-refractivity contribution >= 4 is 0 Å². The first kappa shape index (κ1) is 30.1. The quantitative estimate of drug-likeness (QED) is 0.331. The second-order valence-corrected chi connectivity index (χ2v) is 3.09. The van der Waals surface area contributed by atoms with Crippen LogP contribution in [0.4, 0.5) is 0 Å². The van der Waals surface area contributed by atoms with Crippen molar-refractivity contribution in [1.29, 1.82) is 0 Å². The molecular formula is CoO9Ti3Zr. The zero-order valence-electron chi connectivity index (χ0n) is 6.01. The van der Waals surface area contributed by atoms with Crippen LogP contribution in [0.2, 0.25) is 0 Å². The molecule has 14 heavy (non-hydrogen) atoms. The summed E-state index contributed by atoms with van der Waals surface area (Å²) in [6.45, 7) is 0. The summed E-state index contributed by atoms with van der Waals surface area (Å²) in [4.78, 5) is 0. The summed E-state index contributed by atoms with van der Waals surface area (Å²) in [7, 11) is 0. The van der Waals surface area contributed by atoms with E-state index in [1.165, 1.54) is 0 Å². The van der Waals surface area contributed by atoms with Crippen molar-refractivity contribution in [2.45, 2.75) is 0 Å². The van der Waals surface area contributed by atoms with Crippen molar-refractivity contribution in [2.24, 2.45) is 0 Å². The van der Waals surface area contributed by atoms with Crippen LogP contribution in [0.15, 0.2) is 0 Å². The third-order valence-corrected chi connectivity index (χ3v) is 0. The third kappa shape index (κ3) is 380. The summed E-state index contributed by atoms with van der Waals surface area (Å²) in [5, 5.41) is 0. The Hall–Kier alpha value is 2.69. The van der Waals surface area contributed by atoms with Gasteiger partial charge < -0.3 is 0 Å². The van der Waals surface area contributed by atoms with E-state index in [0.29, 0.717) is 0 Å². The molecule has 0 amide bonds. The predicted octanol–water partition coefficient (Wildman–Crippen LogP) is -7.50. The molecule has 0 saturated heterocycles. The molecule has 0 unspecified atom stereocenters. The first-order chi connectivity index (χ1) is 5.20. The van der Waals surface area contributed by atoms with Gasteiger partial charge in [-0.05, 0) is 0 Å². The van der Waals surface area contributed by atoms with Crippen LogP contribution in [0.5, 0.6) is 0 Å². The zero-order valence-corrected chi connectivity index (χ0v) is 14.2. The monoisotopic (exact) mass is 437 g/mol. The van der Waals surface area contributed by atoms with Gasteiger partial charge in [0.25, 0.3) is 0 Å². The molecule has 0 heterocycles. The van der Waals surface area contributed by atoms with Crippen LogP contribution >= 0.6 is 0 Å². The Bertz CT molecular complexity index is 118. The Balaban J connectivity index is -0.0000000270. The Morgan fingerprint density at radius 1 is 0.571 bits per heavy atom. The largest absolute Gasteiger partial charge is 4.00 e. The summed E-state index contributed by atoms with van der Waals surface area (Å²) in [6, 6.07) is 0. The van der Waals surface area contributed by atoms with Gasteiger partial charge in [-0.1, -0.05) is 0 Å². The minimum absolute atomic E-state index is 0. The molecule has 0 spiro atoms. The van der Waals surface area contributed by atoms with Crippen LogP contribution in [-0.4, -0.2) is 0 Å². The Labute approximate surface area is 129 Å². The number of rotatable bonds is 0. The van der Waals surface area contributed by atoms with E-state index in [1.54, 1.807) is 0 Å². The summed E-state index contributed by atoms with van der Waals surface area (Å²) in [6.07, 6.45) is 0. The molecule has 79 valence electrons. The van der Waals surface area contributed by atoms with E-state index in [4.69, 9.17) is 32.1 Å². The molecule has 9 nitrogen and oxygen atoms in total. The van der Waals surface area contributed by atoms with E-state index in [-0.39, 0.29) is 43.0 Å². The van der Waals surface area contributed by atoms with E-state index in [0.717, 1.165) is 0 Å². The fourth-order valence-electron chi connectivity index (χ4n) is 0. The van der Waals surface area contributed by atoms with Gasteiger partial charge in [0.1, 0.15) is 0 Å². The van der Waals surface area contributed by atoms with Gasteiger partial charge in [-0.15, -0.1) is 0 Å². The smallest absolute Gasteiger partial charge is 4.00 e. The van der Waals surface area contributed by atoms with Crippen molar-refractivity contribution in [1.82, 2.24) is 0 Å². The topological polar surface area (TPSA) is 190 Å². The zero-order chi connectivity index (χ0) is 10.7. The van der Waals surface area contributed by atoms with Crippen molar-refractivity contribution in [3.05, 3.63) is 0 Å². The number of hydrogen-bond donors (Lipinski definition) is 0. The van der Waals surface area contributed by atoms with Crippen molar-refractivity contribution in [2.75, 3.05) is 0 Å². The molecule has 0 atom stereocenters. The summed E-state index contributed by atoms with van der Waals surface area (Å²) in [5.74, 6) is 0. The average molecular weight is 438 g/mol. The molecular weight excluding hydrogens is 438 g/mol. The normalized spacial score (nSPS) is 5.57. The number of hydrogen-bond acceptors (Lipinski definition) is 9. The molecule has 0 bridgehead atoms. The van der Waals surface area contributed by atoms with Crippen molar-refractivity contribution in [3.8, 4) is 0 Å². The summed E-state index contributed by atoms with van der Waals surface area (Å²) >= 11 is -12.2. The van der Waals surface area contributed by atoms with Crippen LogP contribution in [0.3, 0.4) is 0 Å². The molecule has 0 saturated carbocycles. The van der Waals surface area contributed by atoms with Crippen molar-refractivity contribution in [3.63, 3.8) is 0 Å². The molecule has 0 N–H and O–H groups in total. The fourth-order valence-corrected chi connectivity index (χ4v) is 0. The summed E-state index contributed by atoms with van der Waals surface area (Å²) < 4.78 is 77.2. The van der Waals surface area contributed by atoms with Gasteiger partial charge in [0.05, 0.1) is 0 Å². The maximum absolute atomic E-state index is 8.58. The average Bonchev–Trinajstić information content (AvgIpc) is 1.54. The molecule has 0 aromatic carbocycles. The van der Waals surface area contributed by atoms with Crippen LogP contribution in [0, 0.1) is 0 Å². The first-order valence-corrected chi connectivity index (χ1v) is 7.57. The molecule has 0 aliphatic rings. The maximum Gasteiger partial charge on any atom is 4.00 e. The SMILES string of the molecule is [Co+2].[O]=[Ti]([O-])[O-].[O]=[Ti]([O-])[O-].[O]=[Ti]([O-])[O-].[Zr+4]. The van der Waals surface area contributed by atoms with Crippen LogP contribution in [0.1, 0.15) is 0 Å². The Morgan fingerprint density at radius 2 is 0.571 bits per heavy atom. The van der Waals surface area contributed by atoms with E-state index in [1.807, 2.05) is 0 Å². The van der Waals surface area contributed by atoms with Crippen LogP contribution in [0.25, 0.3) is 0 Å². The van der Waals surface area contributed by atoms with Gasteiger partial charge in [-0.3, -0.25) is 0 Å². The van der Waals surface area contributed by atoms with E-state index < -0.39 is 55.8 Å². The second-order valence-electron chi connectivity index (χ2n) is 0.750. The third-order valence-electron chi connectivity index (χ3n) is 0. The minimum atomic E-state index is -4.08. The first-order valence-electron chi connectivity index (χ1n) is 1.84. The predicted molar refractivity (Wildman–Crippen MR) is 2.06 cm³/mol. The fraction of sp³-hybridized carbons (Fsp3) is 0. The molecule has 0 rings (SSSR count). The Morgan fingerprint density at radius 3 is 0.571 bits per heavy atom. The van der Waals surface area contributed by atoms with Crippen molar-refractivity contribution < 1.29 is 131 Å². The molecule has 0 fully saturated rings. The summed E-state index contributed by atoms with van der Waals surface area (Å²) in [5.41, 5.74) is 0. The van der Waals surface area contributed by atoms with E-state index >= 15 is 0 Å². The van der Waals surface area contributed by atoms with Gasteiger partial charge in [0, 0.05) is 0 Å². The van der Waals surface area contributed by atoms with E-state index in [2.05, 4.69) is 0 Å². The van der Waals surface area contributed by atoms with Gasteiger partial charge >= 0.3 is 131 Å².